The van der Waals surface area contributed by atoms with E-state index >= 15 is 0 Å². The zero-order chi connectivity index (χ0) is 13.7. The lowest BCUT2D eigenvalue weighted by molar-refractivity contribution is -0.139. The fraction of sp³-hybridized carbons (Fsp3) is 0.571. The average Bonchev–Trinajstić information content (AvgIpc) is 2.84. The molecule has 0 aromatic carbocycles. The van der Waals surface area contributed by atoms with Gasteiger partial charge in [-0.25, -0.2) is 0 Å². The average molecular weight is 264 g/mol. The van der Waals surface area contributed by atoms with Crippen LogP contribution in [0.1, 0.15) is 26.2 Å². The van der Waals surface area contributed by atoms with Crippen LogP contribution in [0.2, 0.25) is 0 Å². The third-order valence-electron chi connectivity index (χ3n) is 3.46. The van der Waals surface area contributed by atoms with Crippen LogP contribution < -0.4 is 10.9 Å². The summed E-state index contributed by atoms with van der Waals surface area (Å²) in [5.74, 6) is -0.0505. The summed E-state index contributed by atoms with van der Waals surface area (Å²) in [4.78, 5) is 23.4. The smallest absolute Gasteiger partial charge is 0.251 e. The molecule has 2 heterocycles. The van der Waals surface area contributed by atoms with Gasteiger partial charge in [0, 0.05) is 32.0 Å². The van der Waals surface area contributed by atoms with Crippen LogP contribution in [0.25, 0.3) is 0 Å². The number of ether oxygens (including phenoxy) is 1. The van der Waals surface area contributed by atoms with E-state index in [0.29, 0.717) is 19.7 Å². The number of amides is 1. The topological polar surface area (TPSA) is 60.3 Å². The minimum atomic E-state index is -0.663. The summed E-state index contributed by atoms with van der Waals surface area (Å²) in [6.45, 7) is 3.65. The first-order valence-corrected chi connectivity index (χ1v) is 6.69. The molecule has 0 unspecified atom stereocenters. The Hall–Kier alpha value is -1.62. The molecule has 0 aliphatic carbocycles. The second-order valence-corrected chi connectivity index (χ2v) is 5.02. The van der Waals surface area contributed by atoms with E-state index < -0.39 is 5.60 Å². The monoisotopic (exact) mass is 264 g/mol. The minimum Gasteiger partial charge on any atom is -0.365 e. The lowest BCUT2D eigenvalue weighted by atomic mass is 10.0. The molecule has 1 saturated heterocycles. The predicted octanol–water partition coefficient (Wildman–Crippen LogP) is 0.924. The molecule has 5 nitrogen and oxygen atoms in total. The molecule has 2 rings (SSSR count). The Morgan fingerprint density at radius 1 is 1.53 bits per heavy atom. The zero-order valence-corrected chi connectivity index (χ0v) is 11.2. The van der Waals surface area contributed by atoms with Gasteiger partial charge in [0.1, 0.15) is 5.60 Å². The van der Waals surface area contributed by atoms with Crippen LogP contribution in [0.4, 0.5) is 0 Å². The third kappa shape index (κ3) is 3.44. The maximum atomic E-state index is 11.9. The van der Waals surface area contributed by atoms with E-state index in [1.807, 2.05) is 13.0 Å². The molecule has 1 atom stereocenters. The lowest BCUT2D eigenvalue weighted by Crippen LogP contribution is -2.44. The quantitative estimate of drug-likeness (QED) is 0.805. The molecule has 1 aromatic rings. The molecule has 0 saturated carbocycles. The first-order valence-electron chi connectivity index (χ1n) is 6.69. The van der Waals surface area contributed by atoms with Crippen LogP contribution in [-0.2, 0) is 16.1 Å². The van der Waals surface area contributed by atoms with E-state index in [0.717, 1.165) is 19.3 Å². The van der Waals surface area contributed by atoms with Crippen LogP contribution in [0.3, 0.4) is 0 Å². The highest BCUT2D eigenvalue weighted by Crippen LogP contribution is 2.24. The van der Waals surface area contributed by atoms with Crippen molar-refractivity contribution >= 4 is 5.91 Å². The van der Waals surface area contributed by atoms with Gasteiger partial charge < -0.3 is 14.6 Å². The summed E-state index contributed by atoms with van der Waals surface area (Å²) in [6.07, 6.45) is 4.19. The van der Waals surface area contributed by atoms with Gasteiger partial charge in [-0.1, -0.05) is 6.07 Å². The number of hydrogen-bond acceptors (Lipinski definition) is 3. The van der Waals surface area contributed by atoms with Crippen LogP contribution in [0.5, 0.6) is 0 Å². The molecule has 0 spiro atoms. The van der Waals surface area contributed by atoms with Crippen molar-refractivity contribution in [2.45, 2.75) is 38.3 Å². The van der Waals surface area contributed by atoms with Gasteiger partial charge in [-0.05, 0) is 32.3 Å². The second-order valence-electron chi connectivity index (χ2n) is 5.02. The maximum Gasteiger partial charge on any atom is 0.251 e. The molecule has 1 aliphatic heterocycles. The highest BCUT2D eigenvalue weighted by molar-refractivity contribution is 5.84. The normalized spacial score (nSPS) is 22.4. The first-order chi connectivity index (χ1) is 9.12. The zero-order valence-electron chi connectivity index (χ0n) is 11.2. The third-order valence-corrected chi connectivity index (χ3v) is 3.46. The molecule has 1 N–H and O–H groups in total. The number of hydrogen-bond donors (Lipinski definition) is 1. The molecule has 104 valence electrons. The van der Waals surface area contributed by atoms with Gasteiger partial charge in [-0.15, -0.1) is 0 Å². The standard InChI is InChI=1S/C14H20N2O3/c1-14(7-4-11-19-14)13(18)15-8-5-10-16-9-3-2-6-12(16)17/h2-3,6,9H,4-5,7-8,10-11H2,1H3,(H,15,18)/t14-/m0/s1. The Morgan fingerprint density at radius 3 is 3.05 bits per heavy atom. The number of nitrogens with one attached hydrogen (secondary N) is 1. The number of rotatable bonds is 5. The summed E-state index contributed by atoms with van der Waals surface area (Å²) in [6, 6.07) is 5.08. The molecule has 5 heteroatoms. The number of aryl methyl sites for hydroxylation is 1. The minimum absolute atomic E-state index is 0.0140. The van der Waals surface area contributed by atoms with Crippen molar-refractivity contribution in [3.63, 3.8) is 0 Å². The Balaban J connectivity index is 1.74. The number of carbonyl (C=O) groups is 1. The van der Waals surface area contributed by atoms with Gasteiger partial charge in [0.05, 0.1) is 0 Å². The van der Waals surface area contributed by atoms with Crippen molar-refractivity contribution in [2.24, 2.45) is 0 Å². The van der Waals surface area contributed by atoms with Crippen molar-refractivity contribution < 1.29 is 9.53 Å². The molecule has 1 amide bonds. The number of carbonyl (C=O) groups excluding carboxylic acids is 1. The van der Waals surface area contributed by atoms with E-state index in [1.165, 1.54) is 6.07 Å². The van der Waals surface area contributed by atoms with Gasteiger partial charge in [0.25, 0.3) is 5.91 Å². The second kappa shape index (κ2) is 6.02. The Morgan fingerprint density at radius 2 is 2.37 bits per heavy atom. The van der Waals surface area contributed by atoms with Gasteiger partial charge in [0.15, 0.2) is 0 Å². The van der Waals surface area contributed by atoms with Crippen molar-refractivity contribution in [3.8, 4) is 0 Å². The summed E-state index contributed by atoms with van der Waals surface area (Å²) < 4.78 is 7.11. The molecule has 19 heavy (non-hydrogen) atoms. The van der Waals surface area contributed by atoms with Crippen LogP contribution in [0.15, 0.2) is 29.2 Å². The Bertz CT molecular complexity index is 489. The Kier molecular flexibility index (Phi) is 4.37. The van der Waals surface area contributed by atoms with Crippen LogP contribution in [0, 0.1) is 0 Å². The Labute approximate surface area is 112 Å². The largest absolute Gasteiger partial charge is 0.365 e. The van der Waals surface area contributed by atoms with E-state index in [4.69, 9.17) is 4.74 Å². The predicted molar refractivity (Wildman–Crippen MR) is 71.9 cm³/mol. The van der Waals surface area contributed by atoms with E-state index in [9.17, 15) is 9.59 Å². The fourth-order valence-electron chi connectivity index (χ4n) is 2.24. The number of aromatic nitrogens is 1. The molecular weight excluding hydrogens is 244 g/mol. The van der Waals surface area contributed by atoms with Crippen LogP contribution in [-0.4, -0.2) is 29.2 Å². The highest BCUT2D eigenvalue weighted by Gasteiger charge is 2.37. The van der Waals surface area contributed by atoms with Gasteiger partial charge in [-0.2, -0.15) is 0 Å². The summed E-state index contributed by atoms with van der Waals surface area (Å²) >= 11 is 0. The van der Waals surface area contributed by atoms with Crippen molar-refractivity contribution in [1.82, 2.24) is 9.88 Å². The van der Waals surface area contributed by atoms with Crippen molar-refractivity contribution in [3.05, 3.63) is 34.7 Å². The summed E-state index contributed by atoms with van der Waals surface area (Å²) in [5, 5.41) is 2.88. The van der Waals surface area contributed by atoms with Gasteiger partial charge >= 0.3 is 0 Å². The molecule has 1 aliphatic rings. The summed E-state index contributed by atoms with van der Waals surface area (Å²) in [5.41, 5.74) is -0.677. The van der Waals surface area contributed by atoms with Gasteiger partial charge in [-0.3, -0.25) is 9.59 Å². The SMILES string of the molecule is C[C@@]1(C(=O)NCCCn2ccccc2=O)CCCO1. The number of pyridine rings is 1. The maximum absolute atomic E-state index is 11.9. The fourth-order valence-corrected chi connectivity index (χ4v) is 2.24. The number of nitrogens with zero attached hydrogens (tertiary/aromatic N) is 1. The van der Waals surface area contributed by atoms with Crippen molar-refractivity contribution in [1.29, 1.82) is 0 Å². The van der Waals surface area contributed by atoms with Crippen LogP contribution >= 0.6 is 0 Å². The van der Waals surface area contributed by atoms with E-state index in [2.05, 4.69) is 5.32 Å². The molecular formula is C14H20N2O3. The lowest BCUT2D eigenvalue weighted by Gasteiger charge is -2.21. The highest BCUT2D eigenvalue weighted by atomic mass is 16.5. The van der Waals surface area contributed by atoms with Gasteiger partial charge in [0.2, 0.25) is 5.56 Å². The molecule has 0 bridgehead atoms. The summed E-state index contributed by atoms with van der Waals surface area (Å²) in [7, 11) is 0. The molecule has 0 radical (unpaired) electrons. The molecule has 1 fully saturated rings. The van der Waals surface area contributed by atoms with E-state index in [-0.39, 0.29) is 11.5 Å². The van der Waals surface area contributed by atoms with E-state index in [1.54, 1.807) is 16.8 Å². The van der Waals surface area contributed by atoms with Crippen molar-refractivity contribution in [2.75, 3.05) is 13.2 Å². The first kappa shape index (κ1) is 13.8. The molecule has 1 aromatic heterocycles.